The zero-order valence-corrected chi connectivity index (χ0v) is 10.8. The summed E-state index contributed by atoms with van der Waals surface area (Å²) >= 11 is 5.87. The molecule has 0 heterocycles. The van der Waals surface area contributed by atoms with Gasteiger partial charge in [-0.15, -0.1) is 6.42 Å². The molecular weight excluding hydrogens is 234 g/mol. The molecular formula is C14H16ClNO. The molecule has 0 bridgehead atoms. The van der Waals surface area contributed by atoms with Crippen LogP contribution in [0.1, 0.15) is 35.7 Å². The fourth-order valence-corrected chi connectivity index (χ4v) is 1.73. The number of halogens is 1. The predicted octanol–water partition coefficient (Wildman–Crippen LogP) is 3.18. The highest BCUT2D eigenvalue weighted by molar-refractivity contribution is 6.31. The number of rotatable bonds is 4. The van der Waals surface area contributed by atoms with E-state index in [-0.39, 0.29) is 11.9 Å². The van der Waals surface area contributed by atoms with Gasteiger partial charge < -0.3 is 5.32 Å². The zero-order valence-electron chi connectivity index (χ0n) is 10.1. The molecule has 1 aromatic rings. The van der Waals surface area contributed by atoms with Crippen LogP contribution in [0.3, 0.4) is 0 Å². The molecule has 0 aromatic heterocycles. The van der Waals surface area contributed by atoms with E-state index in [1.807, 2.05) is 19.9 Å². The molecule has 1 rings (SSSR count). The topological polar surface area (TPSA) is 29.1 Å². The van der Waals surface area contributed by atoms with Crippen LogP contribution in [0.15, 0.2) is 18.2 Å². The minimum atomic E-state index is -0.217. The van der Waals surface area contributed by atoms with E-state index >= 15 is 0 Å². The second kappa shape index (κ2) is 6.32. The highest BCUT2D eigenvalue weighted by Crippen LogP contribution is 2.15. The Hall–Kier alpha value is -1.46. The van der Waals surface area contributed by atoms with Crippen molar-refractivity contribution in [1.29, 1.82) is 0 Å². The van der Waals surface area contributed by atoms with E-state index in [0.29, 0.717) is 10.6 Å². The number of terminal acetylenes is 1. The number of nitrogens with one attached hydrogen (secondary N) is 1. The molecule has 1 amide bonds. The molecule has 17 heavy (non-hydrogen) atoms. The van der Waals surface area contributed by atoms with Gasteiger partial charge in [0.05, 0.1) is 6.04 Å². The van der Waals surface area contributed by atoms with Crippen molar-refractivity contribution in [2.24, 2.45) is 0 Å². The van der Waals surface area contributed by atoms with Gasteiger partial charge in [-0.1, -0.05) is 36.9 Å². The molecule has 0 saturated heterocycles. The summed E-state index contributed by atoms with van der Waals surface area (Å²) in [4.78, 5) is 12.0. The Morgan fingerprint density at radius 1 is 1.59 bits per heavy atom. The summed E-state index contributed by atoms with van der Waals surface area (Å²) in [6, 6.07) is 5.03. The van der Waals surface area contributed by atoms with Gasteiger partial charge in [0.1, 0.15) is 0 Å². The summed E-state index contributed by atoms with van der Waals surface area (Å²) in [5, 5.41) is 3.37. The Balaban J connectivity index is 2.83. The maximum atomic E-state index is 12.0. The normalized spacial score (nSPS) is 11.6. The monoisotopic (exact) mass is 249 g/mol. The first-order chi connectivity index (χ1) is 8.08. The van der Waals surface area contributed by atoms with Gasteiger partial charge >= 0.3 is 0 Å². The Kier molecular flexibility index (Phi) is 5.06. The molecule has 90 valence electrons. The van der Waals surface area contributed by atoms with Gasteiger partial charge in [-0.3, -0.25) is 4.79 Å². The minimum absolute atomic E-state index is 0.165. The average Bonchev–Trinajstić information content (AvgIpc) is 2.31. The van der Waals surface area contributed by atoms with Crippen LogP contribution in [0, 0.1) is 19.3 Å². The lowest BCUT2D eigenvalue weighted by Crippen LogP contribution is -2.34. The molecule has 1 aromatic carbocycles. The second-order valence-electron chi connectivity index (χ2n) is 3.94. The quantitative estimate of drug-likeness (QED) is 0.816. The summed E-state index contributed by atoms with van der Waals surface area (Å²) < 4.78 is 0. The van der Waals surface area contributed by atoms with Crippen molar-refractivity contribution in [1.82, 2.24) is 5.32 Å². The average molecular weight is 250 g/mol. The molecule has 1 unspecified atom stereocenters. The van der Waals surface area contributed by atoms with E-state index in [2.05, 4.69) is 11.2 Å². The molecule has 2 nitrogen and oxygen atoms in total. The number of carbonyl (C=O) groups excluding carboxylic acids is 1. The molecule has 0 aliphatic heterocycles. The molecule has 0 spiro atoms. The third-order valence-electron chi connectivity index (χ3n) is 2.53. The lowest BCUT2D eigenvalue weighted by atomic mass is 10.1. The first-order valence-electron chi connectivity index (χ1n) is 5.61. The van der Waals surface area contributed by atoms with Gasteiger partial charge in [-0.25, -0.2) is 0 Å². The molecule has 0 radical (unpaired) electrons. The molecule has 1 atom stereocenters. The fourth-order valence-electron chi connectivity index (χ4n) is 1.56. The van der Waals surface area contributed by atoms with Crippen molar-refractivity contribution in [2.45, 2.75) is 32.7 Å². The highest BCUT2D eigenvalue weighted by atomic mass is 35.5. The van der Waals surface area contributed by atoms with Gasteiger partial charge in [-0.05, 0) is 31.0 Å². The van der Waals surface area contributed by atoms with Crippen molar-refractivity contribution < 1.29 is 4.79 Å². The fraction of sp³-hybridized carbons (Fsp3) is 0.357. The summed E-state index contributed by atoms with van der Waals surface area (Å²) in [6.45, 7) is 3.90. The Labute approximate surface area is 107 Å². The van der Waals surface area contributed by atoms with Crippen molar-refractivity contribution in [3.05, 3.63) is 34.3 Å². The van der Waals surface area contributed by atoms with E-state index in [9.17, 15) is 4.79 Å². The van der Waals surface area contributed by atoms with Gasteiger partial charge in [-0.2, -0.15) is 0 Å². The van der Waals surface area contributed by atoms with E-state index in [1.54, 1.807) is 12.1 Å². The molecule has 3 heteroatoms. The Morgan fingerprint density at radius 2 is 2.29 bits per heavy atom. The van der Waals surface area contributed by atoms with Gasteiger partial charge in [0.25, 0.3) is 5.91 Å². The molecule has 1 N–H and O–H groups in total. The maximum Gasteiger partial charge on any atom is 0.252 e. The first-order valence-corrected chi connectivity index (χ1v) is 5.99. The van der Waals surface area contributed by atoms with E-state index in [1.165, 1.54) is 0 Å². The van der Waals surface area contributed by atoms with Crippen LogP contribution < -0.4 is 5.32 Å². The third-order valence-corrected chi connectivity index (χ3v) is 2.76. The van der Waals surface area contributed by atoms with Crippen LogP contribution in [0.25, 0.3) is 0 Å². The number of aryl methyl sites for hydroxylation is 1. The molecule has 0 aliphatic carbocycles. The lowest BCUT2D eigenvalue weighted by molar-refractivity contribution is 0.0943. The number of carbonyl (C=O) groups is 1. The number of hydrogen-bond donors (Lipinski definition) is 1. The van der Waals surface area contributed by atoms with E-state index in [0.717, 1.165) is 18.4 Å². The zero-order chi connectivity index (χ0) is 12.8. The largest absolute Gasteiger partial charge is 0.338 e. The summed E-state index contributed by atoms with van der Waals surface area (Å²) in [5.41, 5.74) is 1.47. The van der Waals surface area contributed by atoms with Crippen LogP contribution >= 0.6 is 11.6 Å². The predicted molar refractivity (Wildman–Crippen MR) is 71.2 cm³/mol. The van der Waals surface area contributed by atoms with Crippen LogP contribution in [-0.2, 0) is 0 Å². The van der Waals surface area contributed by atoms with Crippen molar-refractivity contribution >= 4 is 17.5 Å². The number of amides is 1. The van der Waals surface area contributed by atoms with Crippen LogP contribution in [0.2, 0.25) is 5.02 Å². The Bertz CT molecular complexity index is 448. The molecule has 0 fully saturated rings. The summed E-state index contributed by atoms with van der Waals surface area (Å²) in [6.07, 6.45) is 7.08. The third kappa shape index (κ3) is 3.80. The Morgan fingerprint density at radius 3 is 2.88 bits per heavy atom. The number of benzene rings is 1. The van der Waals surface area contributed by atoms with Crippen LogP contribution in [0.4, 0.5) is 0 Å². The first kappa shape index (κ1) is 13.6. The molecule has 0 aliphatic rings. The summed E-state index contributed by atoms with van der Waals surface area (Å²) in [7, 11) is 0. The minimum Gasteiger partial charge on any atom is -0.338 e. The highest BCUT2D eigenvalue weighted by Gasteiger charge is 2.13. The maximum absolute atomic E-state index is 12.0. The van der Waals surface area contributed by atoms with Gasteiger partial charge in [0, 0.05) is 10.6 Å². The van der Waals surface area contributed by atoms with Crippen molar-refractivity contribution in [3.8, 4) is 12.3 Å². The smallest absolute Gasteiger partial charge is 0.252 e. The van der Waals surface area contributed by atoms with Crippen LogP contribution in [0.5, 0.6) is 0 Å². The van der Waals surface area contributed by atoms with Gasteiger partial charge in [0.15, 0.2) is 0 Å². The van der Waals surface area contributed by atoms with Crippen molar-refractivity contribution in [2.75, 3.05) is 0 Å². The van der Waals surface area contributed by atoms with Crippen molar-refractivity contribution in [3.63, 3.8) is 0 Å². The summed E-state index contributed by atoms with van der Waals surface area (Å²) in [5.74, 6) is 2.41. The SMILES string of the molecule is C#CC(CCC)NC(=O)c1cc(Cl)ccc1C. The van der Waals surface area contributed by atoms with E-state index < -0.39 is 0 Å². The standard InChI is InChI=1S/C14H16ClNO/c1-4-6-12(5-2)16-14(17)13-9-11(15)8-7-10(13)3/h2,7-9,12H,4,6H2,1,3H3,(H,16,17). The number of hydrogen-bond acceptors (Lipinski definition) is 1. The van der Waals surface area contributed by atoms with Crippen LogP contribution in [-0.4, -0.2) is 11.9 Å². The van der Waals surface area contributed by atoms with Gasteiger partial charge in [0.2, 0.25) is 0 Å². The molecule has 0 saturated carbocycles. The van der Waals surface area contributed by atoms with E-state index in [4.69, 9.17) is 18.0 Å². The lowest BCUT2D eigenvalue weighted by Gasteiger charge is -2.13. The second-order valence-corrected chi connectivity index (χ2v) is 4.38.